The number of benzene rings is 1. The first-order chi connectivity index (χ1) is 7.74. The van der Waals surface area contributed by atoms with Crippen molar-refractivity contribution in [1.29, 1.82) is 0 Å². The predicted molar refractivity (Wildman–Crippen MR) is 62.5 cm³/mol. The van der Waals surface area contributed by atoms with Crippen molar-refractivity contribution >= 4 is 5.69 Å². The highest BCUT2D eigenvalue weighted by atomic mass is 16.5. The second-order valence-corrected chi connectivity index (χ2v) is 3.90. The number of methoxy groups -OCH3 is 2. The van der Waals surface area contributed by atoms with E-state index in [0.29, 0.717) is 6.04 Å². The fourth-order valence-electron chi connectivity index (χ4n) is 1.68. The summed E-state index contributed by atoms with van der Waals surface area (Å²) in [5, 5.41) is 3.41. The van der Waals surface area contributed by atoms with Gasteiger partial charge in [-0.25, -0.2) is 0 Å². The Labute approximate surface area is 95.5 Å². The lowest BCUT2D eigenvalue weighted by Gasteiger charge is -2.28. The molecular weight excluding hydrogens is 206 g/mol. The van der Waals surface area contributed by atoms with Crippen molar-refractivity contribution in [3.63, 3.8) is 0 Å². The highest BCUT2D eigenvalue weighted by Crippen LogP contribution is 2.33. The van der Waals surface area contributed by atoms with Gasteiger partial charge >= 0.3 is 0 Å². The van der Waals surface area contributed by atoms with Gasteiger partial charge in [0.25, 0.3) is 0 Å². The smallest absolute Gasteiger partial charge is 0.162 e. The Morgan fingerprint density at radius 3 is 2.31 bits per heavy atom. The van der Waals surface area contributed by atoms with E-state index in [-0.39, 0.29) is 0 Å². The fourth-order valence-corrected chi connectivity index (χ4v) is 1.68. The number of rotatable bonds is 4. The van der Waals surface area contributed by atoms with Crippen molar-refractivity contribution in [1.82, 2.24) is 0 Å². The van der Waals surface area contributed by atoms with Crippen LogP contribution in [-0.2, 0) is 4.74 Å². The zero-order valence-electron chi connectivity index (χ0n) is 9.87. The van der Waals surface area contributed by atoms with Gasteiger partial charge in [0.05, 0.1) is 33.5 Å². The maximum atomic E-state index is 5.27. The van der Waals surface area contributed by atoms with E-state index in [1.54, 1.807) is 14.2 Å². The van der Waals surface area contributed by atoms with Gasteiger partial charge in [0, 0.05) is 11.8 Å². The first-order valence-electron chi connectivity index (χ1n) is 5.31. The highest BCUT2D eigenvalue weighted by Gasteiger charge is 2.19. The van der Waals surface area contributed by atoms with Crippen molar-refractivity contribution in [2.45, 2.75) is 13.0 Å². The van der Waals surface area contributed by atoms with Gasteiger partial charge in [0.15, 0.2) is 11.5 Å². The lowest BCUT2D eigenvalue weighted by molar-refractivity contribution is 0.0211. The van der Waals surface area contributed by atoms with Crippen LogP contribution in [0.25, 0.3) is 0 Å². The lowest BCUT2D eigenvalue weighted by Crippen LogP contribution is -2.40. The standard InChI is InChI=1S/C12H17NO3/c1-8-4-11(14-2)12(15-3)5-10(8)13-9-6-16-7-9/h4-5,9,13H,6-7H2,1-3H3. The monoisotopic (exact) mass is 223 g/mol. The molecular formula is C12H17NO3. The summed E-state index contributed by atoms with van der Waals surface area (Å²) in [6, 6.07) is 4.35. The molecule has 1 saturated heterocycles. The average Bonchev–Trinajstić information content (AvgIpc) is 2.24. The van der Waals surface area contributed by atoms with Gasteiger partial charge in [-0.05, 0) is 18.6 Å². The van der Waals surface area contributed by atoms with E-state index in [1.165, 1.54) is 0 Å². The minimum Gasteiger partial charge on any atom is -0.493 e. The second-order valence-electron chi connectivity index (χ2n) is 3.90. The van der Waals surface area contributed by atoms with Crippen LogP contribution in [0.3, 0.4) is 0 Å². The molecule has 2 rings (SSSR count). The number of anilines is 1. The summed E-state index contributed by atoms with van der Waals surface area (Å²) >= 11 is 0. The molecule has 0 bridgehead atoms. The Bertz CT molecular complexity index is 375. The fraction of sp³-hybridized carbons (Fsp3) is 0.500. The molecule has 1 N–H and O–H groups in total. The Balaban J connectivity index is 2.22. The van der Waals surface area contributed by atoms with E-state index in [4.69, 9.17) is 14.2 Å². The van der Waals surface area contributed by atoms with Gasteiger partial charge in [-0.1, -0.05) is 0 Å². The van der Waals surface area contributed by atoms with Crippen LogP contribution in [0.4, 0.5) is 5.69 Å². The van der Waals surface area contributed by atoms with Crippen LogP contribution in [0.5, 0.6) is 11.5 Å². The third kappa shape index (κ3) is 2.07. The Hall–Kier alpha value is -1.42. The molecule has 4 nitrogen and oxygen atoms in total. The van der Waals surface area contributed by atoms with Crippen LogP contribution < -0.4 is 14.8 Å². The van der Waals surface area contributed by atoms with Crippen LogP contribution in [-0.4, -0.2) is 33.5 Å². The van der Waals surface area contributed by atoms with E-state index in [9.17, 15) is 0 Å². The van der Waals surface area contributed by atoms with E-state index in [1.807, 2.05) is 19.1 Å². The summed E-state index contributed by atoms with van der Waals surface area (Å²) in [5.74, 6) is 1.51. The number of nitrogens with one attached hydrogen (secondary N) is 1. The lowest BCUT2D eigenvalue weighted by atomic mass is 10.1. The minimum absolute atomic E-state index is 0.414. The van der Waals surface area contributed by atoms with Crippen LogP contribution in [0.2, 0.25) is 0 Å². The van der Waals surface area contributed by atoms with Crippen LogP contribution in [0, 0.1) is 6.92 Å². The number of ether oxygens (including phenoxy) is 3. The molecule has 1 heterocycles. The molecule has 1 fully saturated rings. The first kappa shape index (κ1) is 11.1. The molecule has 88 valence electrons. The minimum atomic E-state index is 0.414. The normalized spacial score (nSPS) is 15.4. The largest absolute Gasteiger partial charge is 0.493 e. The molecule has 1 aliphatic heterocycles. The molecule has 0 radical (unpaired) electrons. The van der Waals surface area contributed by atoms with Gasteiger partial charge in [0.2, 0.25) is 0 Å². The zero-order chi connectivity index (χ0) is 11.5. The summed E-state index contributed by atoms with van der Waals surface area (Å²) in [7, 11) is 3.29. The number of hydrogen-bond donors (Lipinski definition) is 1. The zero-order valence-corrected chi connectivity index (χ0v) is 9.87. The van der Waals surface area contributed by atoms with E-state index in [2.05, 4.69) is 5.32 Å². The summed E-state index contributed by atoms with van der Waals surface area (Å²) in [6.07, 6.45) is 0. The van der Waals surface area contributed by atoms with Crippen molar-refractivity contribution in [3.05, 3.63) is 17.7 Å². The molecule has 0 amide bonds. The number of hydrogen-bond acceptors (Lipinski definition) is 4. The summed E-state index contributed by atoms with van der Waals surface area (Å²) in [4.78, 5) is 0. The van der Waals surface area contributed by atoms with Crippen LogP contribution in [0.1, 0.15) is 5.56 Å². The molecule has 0 aromatic heterocycles. The van der Waals surface area contributed by atoms with Crippen molar-refractivity contribution in [2.24, 2.45) is 0 Å². The van der Waals surface area contributed by atoms with Gasteiger partial charge in [-0.2, -0.15) is 0 Å². The molecule has 0 aliphatic carbocycles. The molecule has 1 aromatic rings. The molecule has 1 aromatic carbocycles. The topological polar surface area (TPSA) is 39.7 Å². The third-order valence-corrected chi connectivity index (χ3v) is 2.73. The van der Waals surface area contributed by atoms with Crippen molar-refractivity contribution in [3.8, 4) is 11.5 Å². The molecule has 0 saturated carbocycles. The molecule has 16 heavy (non-hydrogen) atoms. The summed E-state index contributed by atoms with van der Waals surface area (Å²) < 4.78 is 15.6. The van der Waals surface area contributed by atoms with Crippen molar-refractivity contribution < 1.29 is 14.2 Å². The maximum Gasteiger partial charge on any atom is 0.162 e. The predicted octanol–water partition coefficient (Wildman–Crippen LogP) is 1.82. The van der Waals surface area contributed by atoms with E-state index < -0.39 is 0 Å². The maximum absolute atomic E-state index is 5.27. The van der Waals surface area contributed by atoms with Gasteiger partial charge in [-0.3, -0.25) is 0 Å². The summed E-state index contributed by atoms with van der Waals surface area (Å²) in [5.41, 5.74) is 2.22. The Kier molecular flexibility index (Phi) is 3.19. The molecule has 1 aliphatic rings. The van der Waals surface area contributed by atoms with E-state index in [0.717, 1.165) is 36.0 Å². The quantitative estimate of drug-likeness (QED) is 0.845. The van der Waals surface area contributed by atoms with Gasteiger partial charge < -0.3 is 19.5 Å². The first-order valence-corrected chi connectivity index (χ1v) is 5.31. The third-order valence-electron chi connectivity index (χ3n) is 2.73. The van der Waals surface area contributed by atoms with Gasteiger partial charge in [0.1, 0.15) is 0 Å². The highest BCUT2D eigenvalue weighted by molar-refractivity contribution is 5.60. The molecule has 0 spiro atoms. The Morgan fingerprint density at radius 1 is 1.19 bits per heavy atom. The SMILES string of the molecule is COc1cc(C)c(NC2COC2)cc1OC. The molecule has 0 atom stereocenters. The number of aryl methyl sites for hydroxylation is 1. The van der Waals surface area contributed by atoms with Crippen LogP contribution >= 0.6 is 0 Å². The average molecular weight is 223 g/mol. The Morgan fingerprint density at radius 2 is 1.81 bits per heavy atom. The second kappa shape index (κ2) is 4.61. The van der Waals surface area contributed by atoms with Gasteiger partial charge in [-0.15, -0.1) is 0 Å². The van der Waals surface area contributed by atoms with Crippen molar-refractivity contribution in [2.75, 3.05) is 32.8 Å². The molecule has 0 unspecified atom stereocenters. The van der Waals surface area contributed by atoms with Crippen LogP contribution in [0.15, 0.2) is 12.1 Å². The summed E-state index contributed by atoms with van der Waals surface area (Å²) in [6.45, 7) is 3.59. The van der Waals surface area contributed by atoms with E-state index >= 15 is 0 Å². The molecule has 4 heteroatoms.